The van der Waals surface area contributed by atoms with Crippen LogP contribution in [0.2, 0.25) is 0 Å². The third-order valence-electron chi connectivity index (χ3n) is 4.03. The molecular weight excluding hydrogens is 278 g/mol. The first-order chi connectivity index (χ1) is 10.8. The number of methoxy groups -OCH3 is 1. The molecule has 0 amide bonds. The van der Waals surface area contributed by atoms with E-state index < -0.39 is 0 Å². The first-order valence-electron chi connectivity index (χ1n) is 7.87. The van der Waals surface area contributed by atoms with Crippen LogP contribution in [0.25, 0.3) is 0 Å². The van der Waals surface area contributed by atoms with E-state index in [9.17, 15) is 0 Å². The molecule has 1 aliphatic carbocycles. The van der Waals surface area contributed by atoms with E-state index >= 15 is 0 Å². The van der Waals surface area contributed by atoms with Gasteiger partial charge in [0, 0.05) is 32.7 Å². The number of benzene rings is 1. The first kappa shape index (κ1) is 16.8. The van der Waals surface area contributed by atoms with Gasteiger partial charge in [0.25, 0.3) is 0 Å². The number of hydrogen-bond donors (Lipinski definition) is 2. The van der Waals surface area contributed by atoms with Gasteiger partial charge in [0.05, 0.1) is 19.8 Å². The molecule has 1 aliphatic rings. The molecule has 2 N–H and O–H groups in total. The fraction of sp³-hybridized carbons (Fsp3) is 0.588. The number of ether oxygens (including phenoxy) is 2. The summed E-state index contributed by atoms with van der Waals surface area (Å²) in [6.07, 6.45) is 2.47. The van der Waals surface area contributed by atoms with Crippen molar-refractivity contribution in [2.75, 3.05) is 47.1 Å². The molecule has 0 spiro atoms. The van der Waals surface area contributed by atoms with Crippen molar-refractivity contribution in [1.82, 2.24) is 10.6 Å². The van der Waals surface area contributed by atoms with E-state index in [-0.39, 0.29) is 5.41 Å². The predicted octanol–water partition coefficient (Wildman–Crippen LogP) is 1.55. The van der Waals surface area contributed by atoms with E-state index in [0.29, 0.717) is 19.8 Å². The van der Waals surface area contributed by atoms with Crippen molar-refractivity contribution in [2.24, 2.45) is 4.99 Å². The highest BCUT2D eigenvalue weighted by Crippen LogP contribution is 2.47. The zero-order valence-electron chi connectivity index (χ0n) is 13.6. The fourth-order valence-electron chi connectivity index (χ4n) is 2.47. The molecule has 1 aromatic carbocycles. The third kappa shape index (κ3) is 5.00. The molecule has 122 valence electrons. The van der Waals surface area contributed by atoms with Crippen LogP contribution in [0.15, 0.2) is 35.3 Å². The zero-order valence-corrected chi connectivity index (χ0v) is 13.6. The average molecular weight is 305 g/mol. The highest BCUT2D eigenvalue weighted by molar-refractivity contribution is 5.79. The molecule has 0 atom stereocenters. The lowest BCUT2D eigenvalue weighted by atomic mass is 9.96. The Labute approximate surface area is 133 Å². The highest BCUT2D eigenvalue weighted by Gasteiger charge is 2.43. The van der Waals surface area contributed by atoms with Crippen molar-refractivity contribution in [3.8, 4) is 0 Å². The Morgan fingerprint density at radius 1 is 1.14 bits per heavy atom. The molecule has 5 heteroatoms. The Morgan fingerprint density at radius 2 is 1.91 bits per heavy atom. The van der Waals surface area contributed by atoms with Gasteiger partial charge >= 0.3 is 0 Å². The van der Waals surface area contributed by atoms with Crippen molar-refractivity contribution in [1.29, 1.82) is 0 Å². The van der Waals surface area contributed by atoms with Crippen LogP contribution in [0.5, 0.6) is 0 Å². The molecule has 0 heterocycles. The molecule has 0 aliphatic heterocycles. The van der Waals surface area contributed by atoms with Gasteiger partial charge in [-0.05, 0) is 18.4 Å². The van der Waals surface area contributed by atoms with E-state index in [2.05, 4.69) is 46.0 Å². The molecule has 1 saturated carbocycles. The molecule has 2 rings (SSSR count). The molecule has 0 aromatic heterocycles. The monoisotopic (exact) mass is 305 g/mol. The number of aliphatic imine (C=N–C) groups is 1. The maximum absolute atomic E-state index is 5.43. The second-order valence-electron chi connectivity index (χ2n) is 5.60. The van der Waals surface area contributed by atoms with Crippen LogP contribution in [0.4, 0.5) is 0 Å². The van der Waals surface area contributed by atoms with Crippen LogP contribution >= 0.6 is 0 Å². The maximum Gasteiger partial charge on any atom is 0.191 e. The maximum atomic E-state index is 5.43. The molecule has 1 fully saturated rings. The Morgan fingerprint density at radius 3 is 2.55 bits per heavy atom. The summed E-state index contributed by atoms with van der Waals surface area (Å²) in [4.78, 5) is 4.26. The number of rotatable bonds is 9. The quantitative estimate of drug-likeness (QED) is 0.413. The lowest BCUT2D eigenvalue weighted by molar-refractivity contribution is 0.0733. The topological polar surface area (TPSA) is 54.9 Å². The van der Waals surface area contributed by atoms with Gasteiger partial charge in [-0.3, -0.25) is 4.99 Å². The molecule has 22 heavy (non-hydrogen) atoms. The lowest BCUT2D eigenvalue weighted by Gasteiger charge is -2.19. The smallest absolute Gasteiger partial charge is 0.191 e. The molecule has 5 nitrogen and oxygen atoms in total. The van der Waals surface area contributed by atoms with Crippen molar-refractivity contribution in [3.05, 3.63) is 35.9 Å². The van der Waals surface area contributed by atoms with Gasteiger partial charge in [-0.1, -0.05) is 30.3 Å². The Kier molecular flexibility index (Phi) is 6.68. The number of nitrogens with one attached hydrogen (secondary N) is 2. The van der Waals surface area contributed by atoms with E-state index in [1.165, 1.54) is 18.4 Å². The van der Waals surface area contributed by atoms with Crippen molar-refractivity contribution >= 4 is 5.96 Å². The van der Waals surface area contributed by atoms with Gasteiger partial charge in [-0.15, -0.1) is 0 Å². The van der Waals surface area contributed by atoms with Gasteiger partial charge < -0.3 is 20.1 Å². The zero-order chi connectivity index (χ0) is 15.7. The molecule has 0 unspecified atom stereocenters. The van der Waals surface area contributed by atoms with Gasteiger partial charge in [0.15, 0.2) is 5.96 Å². The van der Waals surface area contributed by atoms with E-state index in [1.807, 2.05) is 0 Å². The summed E-state index contributed by atoms with van der Waals surface area (Å²) >= 11 is 0. The molecule has 1 aromatic rings. The van der Waals surface area contributed by atoms with Crippen molar-refractivity contribution in [2.45, 2.75) is 18.3 Å². The number of guanidine groups is 1. The van der Waals surface area contributed by atoms with Crippen LogP contribution in [-0.2, 0) is 14.9 Å². The Balaban J connectivity index is 1.69. The van der Waals surface area contributed by atoms with Crippen molar-refractivity contribution < 1.29 is 9.47 Å². The minimum atomic E-state index is 0.286. The van der Waals surface area contributed by atoms with Gasteiger partial charge in [0.1, 0.15) is 0 Å². The second-order valence-corrected chi connectivity index (χ2v) is 5.60. The highest BCUT2D eigenvalue weighted by atomic mass is 16.5. The van der Waals surface area contributed by atoms with Crippen LogP contribution in [0.3, 0.4) is 0 Å². The van der Waals surface area contributed by atoms with E-state index in [4.69, 9.17) is 9.47 Å². The average Bonchev–Trinajstić information content (AvgIpc) is 3.35. The summed E-state index contributed by atoms with van der Waals surface area (Å²) in [5.74, 6) is 0.831. The van der Waals surface area contributed by atoms with E-state index in [0.717, 1.165) is 19.0 Å². The predicted molar refractivity (Wildman–Crippen MR) is 89.4 cm³/mol. The minimum Gasteiger partial charge on any atom is -0.382 e. The molecule has 0 radical (unpaired) electrons. The fourth-order valence-corrected chi connectivity index (χ4v) is 2.47. The Bertz CT molecular complexity index is 458. The van der Waals surface area contributed by atoms with Crippen molar-refractivity contribution in [3.63, 3.8) is 0 Å². The number of hydrogen-bond acceptors (Lipinski definition) is 3. The van der Waals surface area contributed by atoms with Crippen LogP contribution < -0.4 is 10.6 Å². The van der Waals surface area contributed by atoms with Crippen LogP contribution in [-0.4, -0.2) is 53.0 Å². The summed E-state index contributed by atoms with van der Waals surface area (Å²) in [7, 11) is 3.47. The van der Waals surface area contributed by atoms with E-state index in [1.54, 1.807) is 14.2 Å². The normalized spacial score (nSPS) is 16.4. The summed E-state index contributed by atoms with van der Waals surface area (Å²) in [6.45, 7) is 3.56. The summed E-state index contributed by atoms with van der Waals surface area (Å²) < 4.78 is 10.4. The second kappa shape index (κ2) is 8.76. The van der Waals surface area contributed by atoms with Gasteiger partial charge in [-0.25, -0.2) is 0 Å². The summed E-state index contributed by atoms with van der Waals surface area (Å²) in [6, 6.07) is 10.7. The molecule has 0 bridgehead atoms. The summed E-state index contributed by atoms with van der Waals surface area (Å²) in [5, 5.41) is 6.70. The number of nitrogens with zero attached hydrogens (tertiary/aromatic N) is 1. The van der Waals surface area contributed by atoms with Gasteiger partial charge in [0.2, 0.25) is 0 Å². The first-order valence-corrected chi connectivity index (χ1v) is 7.87. The van der Waals surface area contributed by atoms with Gasteiger partial charge in [-0.2, -0.15) is 0 Å². The lowest BCUT2D eigenvalue weighted by Crippen LogP contribution is -2.42. The minimum absolute atomic E-state index is 0.286. The SMILES string of the molecule is CN=C(NCCOCCOC)NCC1(c2ccccc2)CC1. The summed E-state index contributed by atoms with van der Waals surface area (Å²) in [5.41, 5.74) is 1.70. The Hall–Kier alpha value is -1.59. The van der Waals surface area contributed by atoms with Crippen LogP contribution in [0, 0.1) is 0 Å². The molecule has 0 saturated heterocycles. The third-order valence-corrected chi connectivity index (χ3v) is 4.03. The molecular formula is C17H27N3O2. The largest absolute Gasteiger partial charge is 0.382 e. The standard InChI is InChI=1S/C17H27N3O2/c1-18-16(19-10-11-22-13-12-21-2)20-14-17(8-9-17)15-6-4-3-5-7-15/h3-7H,8-14H2,1-2H3,(H2,18,19,20). The van der Waals surface area contributed by atoms with Crippen LogP contribution in [0.1, 0.15) is 18.4 Å².